The monoisotopic (exact) mass is 195 g/mol. The number of nitrogens with two attached hydrogens (primary N) is 1. The Morgan fingerprint density at radius 1 is 1.46 bits per heavy atom. The molecule has 1 heterocycles. The van der Waals surface area contributed by atoms with Gasteiger partial charge in [-0.05, 0) is 18.2 Å². The Bertz CT molecular complexity index is 450. The first-order valence-corrected chi connectivity index (χ1v) is 4.59. The van der Waals surface area contributed by atoms with E-state index < -0.39 is 0 Å². The highest BCUT2D eigenvalue weighted by molar-refractivity contribution is 7.21. The van der Waals surface area contributed by atoms with Crippen LogP contribution in [0.25, 0.3) is 10.1 Å². The highest BCUT2D eigenvalue weighted by Gasteiger charge is 2.08. The molecule has 2 aromatic rings. The smallest absolute Gasteiger partial charge is 0.196 e. The van der Waals surface area contributed by atoms with E-state index in [1.807, 2.05) is 18.2 Å². The van der Waals surface area contributed by atoms with Gasteiger partial charge in [0.15, 0.2) is 5.06 Å². The summed E-state index contributed by atoms with van der Waals surface area (Å²) in [4.78, 5) is 0. The zero-order valence-electron chi connectivity index (χ0n) is 7.07. The molecular weight excluding hydrogens is 186 g/mol. The third-order valence-corrected chi connectivity index (χ3v) is 2.90. The molecular formula is C9H9NO2S. The number of rotatable bonds is 1. The lowest BCUT2D eigenvalue weighted by Gasteiger charge is -1.98. The maximum Gasteiger partial charge on any atom is 0.196 e. The molecule has 0 amide bonds. The molecule has 1 aromatic heterocycles. The molecule has 13 heavy (non-hydrogen) atoms. The topological polar surface area (TPSA) is 55.5 Å². The average molecular weight is 195 g/mol. The van der Waals surface area contributed by atoms with Crippen LogP contribution in [0.3, 0.4) is 0 Å². The van der Waals surface area contributed by atoms with Crippen LogP contribution in [0.5, 0.6) is 10.8 Å². The van der Waals surface area contributed by atoms with Gasteiger partial charge in [0, 0.05) is 10.1 Å². The molecule has 0 saturated heterocycles. The average Bonchev–Trinajstić information content (AvgIpc) is 2.43. The van der Waals surface area contributed by atoms with E-state index >= 15 is 0 Å². The predicted molar refractivity (Wildman–Crippen MR) is 54.5 cm³/mol. The van der Waals surface area contributed by atoms with Crippen molar-refractivity contribution in [1.29, 1.82) is 0 Å². The van der Waals surface area contributed by atoms with Crippen molar-refractivity contribution < 1.29 is 9.84 Å². The van der Waals surface area contributed by atoms with Crippen molar-refractivity contribution in [3.8, 4) is 10.8 Å². The van der Waals surface area contributed by atoms with Gasteiger partial charge in [-0.25, -0.2) is 0 Å². The molecule has 0 spiro atoms. The minimum Gasteiger partial charge on any atom is -0.498 e. The number of methoxy groups -OCH3 is 1. The molecule has 3 N–H and O–H groups in total. The van der Waals surface area contributed by atoms with Gasteiger partial charge < -0.3 is 15.6 Å². The molecule has 2 rings (SSSR count). The maximum atomic E-state index is 9.36. The molecule has 0 bridgehead atoms. The van der Waals surface area contributed by atoms with Crippen LogP contribution in [-0.4, -0.2) is 12.2 Å². The number of thiophene rings is 1. The molecule has 0 radical (unpaired) electrons. The van der Waals surface area contributed by atoms with Crippen molar-refractivity contribution in [3.63, 3.8) is 0 Å². The summed E-state index contributed by atoms with van der Waals surface area (Å²) in [7, 11) is 1.60. The van der Waals surface area contributed by atoms with Crippen molar-refractivity contribution in [2.45, 2.75) is 0 Å². The van der Waals surface area contributed by atoms with Crippen LogP contribution in [0.2, 0.25) is 0 Å². The minimum absolute atomic E-state index is 0.170. The summed E-state index contributed by atoms with van der Waals surface area (Å²) < 4.78 is 6.02. The van der Waals surface area contributed by atoms with E-state index in [1.165, 1.54) is 11.3 Å². The van der Waals surface area contributed by atoms with Crippen LogP contribution in [0.1, 0.15) is 0 Å². The summed E-state index contributed by atoms with van der Waals surface area (Å²) >= 11 is 1.27. The first-order chi connectivity index (χ1) is 6.22. The van der Waals surface area contributed by atoms with Gasteiger partial charge in [0.25, 0.3) is 0 Å². The summed E-state index contributed by atoms with van der Waals surface area (Å²) in [6, 6.07) is 5.55. The van der Waals surface area contributed by atoms with Gasteiger partial charge in [-0.1, -0.05) is 11.3 Å². The van der Waals surface area contributed by atoms with E-state index in [0.29, 0.717) is 5.69 Å². The maximum absolute atomic E-state index is 9.36. The van der Waals surface area contributed by atoms with E-state index in [1.54, 1.807) is 7.11 Å². The van der Waals surface area contributed by atoms with Gasteiger partial charge in [-0.2, -0.15) is 0 Å². The second kappa shape index (κ2) is 2.81. The van der Waals surface area contributed by atoms with Crippen molar-refractivity contribution in [2.24, 2.45) is 0 Å². The van der Waals surface area contributed by atoms with Gasteiger partial charge in [-0.3, -0.25) is 0 Å². The lowest BCUT2D eigenvalue weighted by atomic mass is 10.2. The Morgan fingerprint density at radius 2 is 2.23 bits per heavy atom. The third kappa shape index (κ3) is 1.19. The Labute approximate surface area is 79.4 Å². The molecule has 0 atom stereocenters. The molecule has 0 aliphatic heterocycles. The van der Waals surface area contributed by atoms with Crippen molar-refractivity contribution in [3.05, 3.63) is 18.2 Å². The van der Waals surface area contributed by atoms with Crippen LogP contribution in [-0.2, 0) is 0 Å². The van der Waals surface area contributed by atoms with E-state index in [-0.39, 0.29) is 5.06 Å². The third-order valence-electron chi connectivity index (χ3n) is 1.91. The fraction of sp³-hybridized carbons (Fsp3) is 0.111. The first kappa shape index (κ1) is 8.19. The summed E-state index contributed by atoms with van der Waals surface area (Å²) in [5.41, 5.74) is 6.10. The molecule has 1 aromatic carbocycles. The zero-order valence-corrected chi connectivity index (χ0v) is 7.89. The largest absolute Gasteiger partial charge is 0.498 e. The Balaban J connectivity index is 2.75. The standard InChI is InChI=1S/C9H9NO2S/c1-12-5-2-3-7-6(4-5)8(10)9(11)13-7/h2-4,11H,10H2,1H3. The Kier molecular flexibility index (Phi) is 1.77. The Morgan fingerprint density at radius 3 is 2.92 bits per heavy atom. The van der Waals surface area contributed by atoms with Gasteiger partial charge in [0.1, 0.15) is 5.75 Å². The van der Waals surface area contributed by atoms with Gasteiger partial charge in [-0.15, -0.1) is 0 Å². The van der Waals surface area contributed by atoms with E-state index in [2.05, 4.69) is 0 Å². The molecule has 3 nitrogen and oxygen atoms in total. The summed E-state index contributed by atoms with van der Waals surface area (Å²) in [6.45, 7) is 0. The van der Waals surface area contributed by atoms with Crippen LogP contribution >= 0.6 is 11.3 Å². The lowest BCUT2D eigenvalue weighted by Crippen LogP contribution is -1.84. The lowest BCUT2D eigenvalue weighted by molar-refractivity contribution is 0.415. The van der Waals surface area contributed by atoms with Crippen LogP contribution in [0.4, 0.5) is 5.69 Å². The fourth-order valence-corrected chi connectivity index (χ4v) is 2.05. The molecule has 0 unspecified atom stereocenters. The number of hydrogen-bond donors (Lipinski definition) is 2. The van der Waals surface area contributed by atoms with Gasteiger partial charge in [0.05, 0.1) is 12.8 Å². The summed E-state index contributed by atoms with van der Waals surface area (Å²) in [5, 5.41) is 10.4. The molecule has 0 saturated carbocycles. The van der Waals surface area contributed by atoms with Gasteiger partial charge in [0.2, 0.25) is 0 Å². The van der Waals surface area contributed by atoms with Crippen molar-refractivity contribution in [2.75, 3.05) is 12.8 Å². The molecule has 4 heteroatoms. The quantitative estimate of drug-likeness (QED) is 0.733. The first-order valence-electron chi connectivity index (χ1n) is 3.77. The van der Waals surface area contributed by atoms with Crippen LogP contribution in [0.15, 0.2) is 18.2 Å². The normalized spacial score (nSPS) is 10.5. The minimum atomic E-state index is 0.170. The SMILES string of the molecule is COc1ccc2sc(O)c(N)c2c1. The van der Waals surface area contributed by atoms with E-state index in [4.69, 9.17) is 10.5 Å². The van der Waals surface area contributed by atoms with Crippen LogP contribution in [0, 0.1) is 0 Å². The van der Waals surface area contributed by atoms with Gasteiger partial charge >= 0.3 is 0 Å². The zero-order chi connectivity index (χ0) is 9.42. The van der Waals surface area contributed by atoms with Crippen molar-refractivity contribution >= 4 is 27.1 Å². The number of aromatic hydroxyl groups is 1. The number of ether oxygens (including phenoxy) is 1. The highest BCUT2D eigenvalue weighted by atomic mass is 32.1. The van der Waals surface area contributed by atoms with E-state index in [9.17, 15) is 5.11 Å². The van der Waals surface area contributed by atoms with Crippen molar-refractivity contribution in [1.82, 2.24) is 0 Å². The molecule has 0 aliphatic carbocycles. The predicted octanol–water partition coefficient (Wildman–Crippen LogP) is 2.20. The molecule has 0 aliphatic rings. The highest BCUT2D eigenvalue weighted by Crippen LogP contribution is 2.40. The second-order valence-corrected chi connectivity index (χ2v) is 3.71. The summed E-state index contributed by atoms with van der Waals surface area (Å²) in [6.07, 6.45) is 0. The van der Waals surface area contributed by atoms with Crippen LogP contribution < -0.4 is 10.5 Å². The molecule has 0 fully saturated rings. The molecule has 68 valence electrons. The number of nitrogen functional groups attached to an aromatic ring is 1. The second-order valence-electron chi connectivity index (χ2n) is 2.68. The van der Waals surface area contributed by atoms with E-state index in [0.717, 1.165) is 15.8 Å². The Hall–Kier alpha value is -1.42. The fourth-order valence-electron chi connectivity index (χ4n) is 1.21. The number of anilines is 1. The number of fused-ring (bicyclic) bond motifs is 1. The summed E-state index contributed by atoms with van der Waals surface area (Å²) in [5.74, 6) is 0.747. The number of hydrogen-bond acceptors (Lipinski definition) is 4. The number of benzene rings is 1.